The van der Waals surface area contributed by atoms with E-state index in [4.69, 9.17) is 14.2 Å². The minimum Gasteiger partial charge on any atom is -0.495 e. The SMILES string of the molecule is COc1ccccc1Nc1ccccc1NC(=O)COc1ccccc1OC. The molecule has 1 amide bonds. The maximum Gasteiger partial charge on any atom is 0.262 e. The van der Waals surface area contributed by atoms with E-state index in [1.54, 1.807) is 26.4 Å². The molecule has 0 saturated carbocycles. The molecule has 3 aromatic carbocycles. The van der Waals surface area contributed by atoms with Crippen LogP contribution < -0.4 is 24.8 Å². The van der Waals surface area contributed by atoms with Gasteiger partial charge in [0.05, 0.1) is 31.3 Å². The third-order valence-electron chi connectivity index (χ3n) is 4.01. The van der Waals surface area contributed by atoms with Crippen LogP contribution in [0.1, 0.15) is 0 Å². The van der Waals surface area contributed by atoms with Gasteiger partial charge in [0.15, 0.2) is 18.1 Å². The molecule has 0 atom stereocenters. The number of nitrogens with one attached hydrogen (secondary N) is 2. The fourth-order valence-electron chi connectivity index (χ4n) is 2.66. The van der Waals surface area contributed by atoms with E-state index in [9.17, 15) is 4.79 Å². The zero-order valence-corrected chi connectivity index (χ0v) is 15.8. The molecule has 2 N–H and O–H groups in total. The van der Waals surface area contributed by atoms with Crippen LogP contribution >= 0.6 is 0 Å². The number of amides is 1. The van der Waals surface area contributed by atoms with Crippen LogP contribution in [-0.2, 0) is 4.79 Å². The van der Waals surface area contributed by atoms with Crippen molar-refractivity contribution in [1.29, 1.82) is 0 Å². The number of hydrogen-bond donors (Lipinski definition) is 2. The minimum absolute atomic E-state index is 0.136. The van der Waals surface area contributed by atoms with Gasteiger partial charge in [0.2, 0.25) is 0 Å². The molecule has 0 radical (unpaired) electrons. The molecule has 0 unspecified atom stereocenters. The Balaban J connectivity index is 1.68. The molecule has 3 aromatic rings. The second-order valence-electron chi connectivity index (χ2n) is 5.86. The van der Waals surface area contributed by atoms with Crippen LogP contribution in [0, 0.1) is 0 Å². The molecule has 28 heavy (non-hydrogen) atoms. The lowest BCUT2D eigenvalue weighted by Crippen LogP contribution is -2.20. The number of anilines is 3. The Morgan fingerprint density at radius 1 is 0.714 bits per heavy atom. The molecule has 0 heterocycles. The molecular formula is C22H22N2O4. The largest absolute Gasteiger partial charge is 0.495 e. The first-order chi connectivity index (χ1) is 13.7. The van der Waals surface area contributed by atoms with Crippen LogP contribution in [-0.4, -0.2) is 26.7 Å². The smallest absolute Gasteiger partial charge is 0.262 e. The summed E-state index contributed by atoms with van der Waals surface area (Å²) in [6, 6.07) is 22.2. The highest BCUT2D eigenvalue weighted by Crippen LogP contribution is 2.31. The third-order valence-corrected chi connectivity index (χ3v) is 4.01. The zero-order chi connectivity index (χ0) is 19.8. The molecule has 0 aromatic heterocycles. The van der Waals surface area contributed by atoms with Gasteiger partial charge in [-0.25, -0.2) is 0 Å². The van der Waals surface area contributed by atoms with Crippen molar-refractivity contribution in [2.75, 3.05) is 31.5 Å². The van der Waals surface area contributed by atoms with E-state index in [2.05, 4.69) is 10.6 Å². The van der Waals surface area contributed by atoms with Crippen LogP contribution in [0.3, 0.4) is 0 Å². The Kier molecular flexibility index (Phi) is 6.36. The second kappa shape index (κ2) is 9.32. The topological polar surface area (TPSA) is 68.8 Å². The summed E-state index contributed by atoms with van der Waals surface area (Å²) in [7, 11) is 3.17. The van der Waals surface area contributed by atoms with E-state index in [-0.39, 0.29) is 12.5 Å². The summed E-state index contributed by atoms with van der Waals surface area (Å²) in [6.07, 6.45) is 0. The number of methoxy groups -OCH3 is 2. The molecule has 0 spiro atoms. The van der Waals surface area contributed by atoms with Gasteiger partial charge in [0.1, 0.15) is 5.75 Å². The molecule has 144 valence electrons. The monoisotopic (exact) mass is 378 g/mol. The molecule has 3 rings (SSSR count). The van der Waals surface area contributed by atoms with Crippen LogP contribution in [0.25, 0.3) is 0 Å². The summed E-state index contributed by atoms with van der Waals surface area (Å²) in [5, 5.41) is 6.16. The van der Waals surface area contributed by atoms with E-state index in [0.717, 1.165) is 11.4 Å². The van der Waals surface area contributed by atoms with E-state index in [1.165, 1.54) is 0 Å². The lowest BCUT2D eigenvalue weighted by Gasteiger charge is -2.15. The Labute approximate surface area is 164 Å². The molecule has 0 aliphatic rings. The lowest BCUT2D eigenvalue weighted by atomic mass is 10.2. The van der Waals surface area contributed by atoms with Crippen LogP contribution in [0.5, 0.6) is 17.2 Å². The van der Waals surface area contributed by atoms with Crippen LogP contribution in [0.4, 0.5) is 17.1 Å². The van der Waals surface area contributed by atoms with Crippen molar-refractivity contribution in [1.82, 2.24) is 0 Å². The Morgan fingerprint density at radius 2 is 1.25 bits per heavy atom. The quantitative estimate of drug-likeness (QED) is 0.605. The summed E-state index contributed by atoms with van der Waals surface area (Å²) in [6.45, 7) is -0.136. The molecule has 0 saturated heterocycles. The van der Waals surface area contributed by atoms with Crippen molar-refractivity contribution < 1.29 is 19.0 Å². The van der Waals surface area contributed by atoms with Gasteiger partial charge in [-0.3, -0.25) is 4.79 Å². The molecule has 0 fully saturated rings. The van der Waals surface area contributed by atoms with Gasteiger partial charge in [-0.1, -0.05) is 36.4 Å². The number of para-hydroxylation sites is 6. The normalized spacial score (nSPS) is 10.1. The molecular weight excluding hydrogens is 356 g/mol. The van der Waals surface area contributed by atoms with Crippen LogP contribution in [0.15, 0.2) is 72.8 Å². The van der Waals surface area contributed by atoms with Crippen molar-refractivity contribution in [3.8, 4) is 17.2 Å². The highest BCUT2D eigenvalue weighted by atomic mass is 16.5. The third kappa shape index (κ3) is 4.73. The Bertz CT molecular complexity index is 943. The molecule has 6 nitrogen and oxygen atoms in total. The number of benzene rings is 3. The van der Waals surface area contributed by atoms with Gasteiger partial charge in [-0.05, 0) is 36.4 Å². The molecule has 6 heteroatoms. The Morgan fingerprint density at radius 3 is 1.93 bits per heavy atom. The van der Waals surface area contributed by atoms with Gasteiger partial charge >= 0.3 is 0 Å². The van der Waals surface area contributed by atoms with E-state index in [1.807, 2.05) is 60.7 Å². The summed E-state index contributed by atoms with van der Waals surface area (Å²) in [4.78, 5) is 12.4. The molecule has 0 bridgehead atoms. The number of hydrogen-bond acceptors (Lipinski definition) is 5. The average molecular weight is 378 g/mol. The van der Waals surface area contributed by atoms with E-state index >= 15 is 0 Å². The first-order valence-corrected chi connectivity index (χ1v) is 8.76. The van der Waals surface area contributed by atoms with E-state index in [0.29, 0.717) is 22.9 Å². The summed E-state index contributed by atoms with van der Waals surface area (Å²) < 4.78 is 16.2. The fourth-order valence-corrected chi connectivity index (χ4v) is 2.66. The highest BCUT2D eigenvalue weighted by molar-refractivity contribution is 5.96. The summed E-state index contributed by atoms with van der Waals surface area (Å²) in [5.74, 6) is 1.53. The summed E-state index contributed by atoms with van der Waals surface area (Å²) in [5.41, 5.74) is 2.19. The van der Waals surface area contributed by atoms with E-state index < -0.39 is 0 Å². The van der Waals surface area contributed by atoms with Crippen LogP contribution in [0.2, 0.25) is 0 Å². The number of carbonyl (C=O) groups is 1. The predicted molar refractivity (Wildman–Crippen MR) is 110 cm³/mol. The van der Waals surface area contributed by atoms with Crippen molar-refractivity contribution in [2.45, 2.75) is 0 Å². The van der Waals surface area contributed by atoms with Gasteiger partial charge in [-0.15, -0.1) is 0 Å². The first-order valence-electron chi connectivity index (χ1n) is 8.76. The standard InChI is InChI=1S/C22H22N2O4/c1-26-19-12-6-5-11-18(19)23-16-9-3-4-10-17(16)24-22(25)15-28-21-14-8-7-13-20(21)27-2/h3-14,23H,15H2,1-2H3,(H,24,25). The average Bonchev–Trinajstić information content (AvgIpc) is 2.74. The van der Waals surface area contributed by atoms with Crippen molar-refractivity contribution in [3.63, 3.8) is 0 Å². The second-order valence-corrected chi connectivity index (χ2v) is 5.86. The zero-order valence-electron chi connectivity index (χ0n) is 15.8. The van der Waals surface area contributed by atoms with Gasteiger partial charge in [-0.2, -0.15) is 0 Å². The van der Waals surface area contributed by atoms with Crippen molar-refractivity contribution >= 4 is 23.0 Å². The van der Waals surface area contributed by atoms with Gasteiger partial charge in [0, 0.05) is 0 Å². The maximum absolute atomic E-state index is 12.4. The van der Waals surface area contributed by atoms with Gasteiger partial charge < -0.3 is 24.8 Å². The molecule has 0 aliphatic heterocycles. The summed E-state index contributed by atoms with van der Waals surface area (Å²) >= 11 is 0. The number of rotatable bonds is 8. The fraction of sp³-hybridized carbons (Fsp3) is 0.136. The van der Waals surface area contributed by atoms with Gasteiger partial charge in [0.25, 0.3) is 5.91 Å². The first kappa shape index (κ1) is 19.1. The molecule has 0 aliphatic carbocycles. The lowest BCUT2D eigenvalue weighted by molar-refractivity contribution is -0.118. The minimum atomic E-state index is -0.278. The number of carbonyl (C=O) groups excluding carboxylic acids is 1. The predicted octanol–water partition coefficient (Wildman–Crippen LogP) is 4.46. The Hall–Kier alpha value is -3.67. The van der Waals surface area contributed by atoms with Crippen molar-refractivity contribution in [3.05, 3.63) is 72.8 Å². The van der Waals surface area contributed by atoms with Crippen molar-refractivity contribution in [2.24, 2.45) is 0 Å². The number of ether oxygens (including phenoxy) is 3. The highest BCUT2D eigenvalue weighted by Gasteiger charge is 2.11. The maximum atomic E-state index is 12.4.